The van der Waals surface area contributed by atoms with E-state index in [9.17, 15) is 8.42 Å². The Morgan fingerprint density at radius 3 is 2.43 bits per heavy atom. The zero-order chi connectivity index (χ0) is 11.4. The lowest BCUT2D eigenvalue weighted by atomic mass is 10.5. The fourth-order valence-electron chi connectivity index (χ4n) is 0.975. The maximum Gasteiger partial charge on any atom is 0.316 e. The van der Waals surface area contributed by atoms with Crippen LogP contribution in [0.3, 0.4) is 0 Å². The Kier molecular flexibility index (Phi) is 4.73. The zero-order valence-corrected chi connectivity index (χ0v) is 9.62. The van der Waals surface area contributed by atoms with Gasteiger partial charge in [0.15, 0.2) is 0 Å². The summed E-state index contributed by atoms with van der Waals surface area (Å²) in [7, 11) is -0.489. The van der Waals surface area contributed by atoms with E-state index in [-0.39, 0.29) is 4.65 Å². The summed E-state index contributed by atoms with van der Waals surface area (Å²) >= 11 is 0. The maximum atomic E-state index is 11.3. The van der Waals surface area contributed by atoms with E-state index in [1.54, 1.807) is 20.2 Å². The second-order valence-electron chi connectivity index (χ2n) is 3.69. The van der Waals surface area contributed by atoms with Crippen molar-refractivity contribution in [3.63, 3.8) is 0 Å². The summed E-state index contributed by atoms with van der Waals surface area (Å²) in [5, 5.41) is 8.93. The number of aliphatic hydroxyl groups is 1. The highest BCUT2D eigenvalue weighted by molar-refractivity contribution is 7.86. The van der Waals surface area contributed by atoms with Crippen molar-refractivity contribution in [2.45, 2.75) is 13.0 Å². The van der Waals surface area contributed by atoms with Gasteiger partial charge < -0.3 is 5.11 Å². The molecule has 0 radical (unpaired) electrons. The van der Waals surface area contributed by atoms with Crippen molar-refractivity contribution >= 4 is 10.1 Å². The van der Waals surface area contributed by atoms with Crippen LogP contribution in [0.4, 0.5) is 0 Å². The molecule has 1 atom stereocenters. The molecule has 0 amide bonds. The number of rotatable bonds is 6. The van der Waals surface area contributed by atoms with Gasteiger partial charge in [-0.3, -0.25) is 0 Å². The first-order chi connectivity index (χ1) is 6.18. The molecule has 0 aliphatic carbocycles. The average molecular weight is 224 g/mol. The van der Waals surface area contributed by atoms with E-state index in [1.165, 1.54) is 6.92 Å². The molecule has 0 heterocycles. The Balaban J connectivity index is 4.42. The third-order valence-corrected chi connectivity index (χ3v) is 2.85. The molecule has 84 valence electrons. The smallest absolute Gasteiger partial charge is 0.316 e. The first kappa shape index (κ1) is 13.6. The molecule has 0 aromatic carbocycles. The molecule has 0 saturated carbocycles. The van der Waals surface area contributed by atoms with Crippen molar-refractivity contribution in [2.75, 3.05) is 26.4 Å². The van der Waals surface area contributed by atoms with Crippen LogP contribution >= 0.6 is 0 Å². The van der Waals surface area contributed by atoms with Gasteiger partial charge in [-0.2, -0.15) is 13.1 Å². The van der Waals surface area contributed by atoms with Gasteiger partial charge in [0.2, 0.25) is 0 Å². The van der Waals surface area contributed by atoms with Crippen molar-refractivity contribution in [3.05, 3.63) is 12.7 Å². The number of aliphatic hydroxyl groups excluding tert-OH is 1. The fourth-order valence-corrected chi connectivity index (χ4v) is 2.30. The molecule has 0 fully saturated rings. The Bertz CT molecular complexity index is 282. The third kappa shape index (κ3) is 6.09. The predicted molar refractivity (Wildman–Crippen MR) is 53.7 cm³/mol. The standard InChI is InChI=1S/C8H18NO4S/c1-5-6-9(3,4)13-14(11,12)7-8(2)10/h5,8,10H,1,6-7H2,2-4H3/q+1. The lowest BCUT2D eigenvalue weighted by Gasteiger charge is -2.24. The minimum Gasteiger partial charge on any atom is -0.392 e. The van der Waals surface area contributed by atoms with Crippen LogP contribution in [0.2, 0.25) is 0 Å². The number of hydroxylamine groups is 3. The quantitative estimate of drug-likeness (QED) is 0.388. The molecule has 14 heavy (non-hydrogen) atoms. The van der Waals surface area contributed by atoms with Gasteiger partial charge in [-0.25, -0.2) is 0 Å². The molecule has 6 heteroatoms. The molecule has 1 N–H and O–H groups in total. The molecule has 0 aromatic heterocycles. The summed E-state index contributed by atoms with van der Waals surface area (Å²) in [6.07, 6.45) is 0.640. The van der Waals surface area contributed by atoms with Crippen molar-refractivity contribution < 1.29 is 22.5 Å². The molecule has 5 nitrogen and oxygen atoms in total. The van der Waals surface area contributed by atoms with Crippen LogP contribution in [-0.4, -0.2) is 50.7 Å². The number of hydrogen-bond donors (Lipinski definition) is 1. The van der Waals surface area contributed by atoms with Crippen LogP contribution in [0.1, 0.15) is 6.92 Å². The van der Waals surface area contributed by atoms with Crippen LogP contribution < -0.4 is 0 Å². The van der Waals surface area contributed by atoms with Crippen LogP contribution in [0.5, 0.6) is 0 Å². The van der Waals surface area contributed by atoms with E-state index in [0.717, 1.165) is 0 Å². The molecule has 1 unspecified atom stereocenters. The average Bonchev–Trinajstić information content (AvgIpc) is 1.78. The normalized spacial score (nSPS) is 15.1. The van der Waals surface area contributed by atoms with Gasteiger partial charge in [-0.15, -0.1) is 0 Å². The van der Waals surface area contributed by atoms with E-state index < -0.39 is 22.0 Å². The van der Waals surface area contributed by atoms with Crippen LogP contribution in [0.15, 0.2) is 12.7 Å². The highest BCUT2D eigenvalue weighted by atomic mass is 32.2. The summed E-state index contributed by atoms with van der Waals surface area (Å²) in [4.78, 5) is 0. The molecule has 0 spiro atoms. The largest absolute Gasteiger partial charge is 0.392 e. The molecule has 0 rings (SSSR count). The van der Waals surface area contributed by atoms with Gasteiger partial charge in [-0.1, -0.05) is 10.9 Å². The molecule has 0 bridgehead atoms. The van der Waals surface area contributed by atoms with E-state index >= 15 is 0 Å². The predicted octanol–water partition coefficient (Wildman–Crippen LogP) is -0.109. The Labute approximate surface area is 85.3 Å². The van der Waals surface area contributed by atoms with Gasteiger partial charge in [-0.05, 0) is 13.0 Å². The first-order valence-electron chi connectivity index (χ1n) is 4.24. The van der Waals surface area contributed by atoms with Gasteiger partial charge in [0.1, 0.15) is 26.4 Å². The second-order valence-corrected chi connectivity index (χ2v) is 5.29. The second kappa shape index (κ2) is 4.88. The Morgan fingerprint density at radius 1 is 1.57 bits per heavy atom. The number of nitrogens with zero attached hydrogens (tertiary/aromatic N) is 1. The highest BCUT2D eigenvalue weighted by Crippen LogP contribution is 2.07. The van der Waals surface area contributed by atoms with E-state index in [1.807, 2.05) is 0 Å². The number of likely N-dealkylation sites (N-methyl/N-ethyl adjacent to an activating group) is 1. The molecular weight excluding hydrogens is 206 g/mol. The Morgan fingerprint density at radius 2 is 2.07 bits per heavy atom. The van der Waals surface area contributed by atoms with Gasteiger partial charge in [0, 0.05) is 0 Å². The van der Waals surface area contributed by atoms with Crippen LogP contribution in [-0.2, 0) is 14.4 Å². The minimum absolute atomic E-state index is 0.154. The van der Waals surface area contributed by atoms with Gasteiger partial charge >= 0.3 is 10.1 Å². The molecular formula is C8H18NO4S+. The maximum absolute atomic E-state index is 11.3. The van der Waals surface area contributed by atoms with Gasteiger partial charge in [0.25, 0.3) is 0 Å². The Hall–Kier alpha value is -0.430. The SMILES string of the molecule is C=CC[N+](C)(C)OS(=O)(=O)CC(C)O. The van der Waals surface area contributed by atoms with Crippen molar-refractivity contribution in [1.29, 1.82) is 0 Å². The fraction of sp³-hybridized carbons (Fsp3) is 0.750. The third-order valence-electron chi connectivity index (χ3n) is 1.33. The summed E-state index contributed by atoms with van der Waals surface area (Å²) < 4.78 is 27.3. The first-order valence-corrected chi connectivity index (χ1v) is 5.82. The lowest BCUT2D eigenvalue weighted by molar-refractivity contribution is -1.05. The van der Waals surface area contributed by atoms with Crippen LogP contribution in [0, 0.1) is 0 Å². The topological polar surface area (TPSA) is 63.6 Å². The monoisotopic (exact) mass is 224 g/mol. The van der Waals surface area contributed by atoms with Crippen molar-refractivity contribution in [3.8, 4) is 0 Å². The molecule has 0 aliphatic heterocycles. The number of hydrogen-bond acceptors (Lipinski definition) is 4. The highest BCUT2D eigenvalue weighted by Gasteiger charge is 2.26. The molecule has 0 aromatic rings. The van der Waals surface area contributed by atoms with Crippen molar-refractivity contribution in [1.82, 2.24) is 0 Å². The van der Waals surface area contributed by atoms with E-state index in [0.29, 0.717) is 6.54 Å². The van der Waals surface area contributed by atoms with E-state index in [2.05, 4.69) is 6.58 Å². The van der Waals surface area contributed by atoms with Crippen molar-refractivity contribution in [2.24, 2.45) is 0 Å². The summed E-state index contributed by atoms with van der Waals surface area (Å²) in [6.45, 7) is 5.27. The van der Waals surface area contributed by atoms with Gasteiger partial charge in [0.05, 0.1) is 6.10 Å². The minimum atomic E-state index is -3.69. The van der Waals surface area contributed by atoms with Crippen LogP contribution in [0.25, 0.3) is 0 Å². The summed E-state index contributed by atoms with van der Waals surface area (Å²) in [6, 6.07) is 0. The number of quaternary nitrogens is 1. The summed E-state index contributed by atoms with van der Waals surface area (Å²) in [5.74, 6) is -0.397. The molecule has 0 aliphatic rings. The molecule has 0 saturated heterocycles. The lowest BCUT2D eigenvalue weighted by Crippen LogP contribution is -2.43. The van der Waals surface area contributed by atoms with E-state index in [4.69, 9.17) is 9.39 Å². The zero-order valence-electron chi connectivity index (χ0n) is 8.80. The summed E-state index contributed by atoms with van der Waals surface area (Å²) in [5.41, 5.74) is 0.